The predicted molar refractivity (Wildman–Crippen MR) is 42.7 cm³/mol. The number of benzene rings is 1. The lowest BCUT2D eigenvalue weighted by Crippen LogP contribution is -2.03. The van der Waals surface area contributed by atoms with E-state index >= 15 is 0 Å². The van der Waals surface area contributed by atoms with Crippen molar-refractivity contribution in [2.24, 2.45) is 0 Å². The molecule has 2 nitrogen and oxygen atoms in total. The molecule has 1 aromatic carbocycles. The van der Waals surface area contributed by atoms with Gasteiger partial charge in [0.1, 0.15) is 0 Å². The first-order chi connectivity index (χ1) is 5.61. The normalized spacial score (nSPS) is 9.58. The first-order valence-electron chi connectivity index (χ1n) is 3.23. The predicted octanol–water partition coefficient (Wildman–Crippen LogP) is 2.40. The zero-order valence-corrected chi connectivity index (χ0v) is 7.06. The molecular formula is C8H6ClFO2. The molecule has 0 aliphatic rings. The summed E-state index contributed by atoms with van der Waals surface area (Å²) in [5.74, 6) is -1.43. The van der Waals surface area contributed by atoms with Crippen molar-refractivity contribution in [3.8, 4) is 5.75 Å². The molecule has 0 saturated heterocycles. The van der Waals surface area contributed by atoms with Gasteiger partial charge < -0.3 is 4.74 Å². The molecular weight excluding hydrogens is 183 g/mol. The van der Waals surface area contributed by atoms with Crippen LogP contribution < -0.4 is 4.74 Å². The summed E-state index contributed by atoms with van der Waals surface area (Å²) in [5, 5.41) is -0.0613. The number of carbonyl (C=O) groups excluding carboxylic acids is 1. The van der Waals surface area contributed by atoms with E-state index in [0.29, 0.717) is 0 Å². The molecule has 0 N–H and O–H groups in total. The minimum Gasteiger partial charge on any atom is -0.424 e. The average molecular weight is 189 g/mol. The second-order valence-electron chi connectivity index (χ2n) is 2.15. The molecule has 0 spiro atoms. The molecule has 1 rings (SSSR count). The lowest BCUT2D eigenvalue weighted by Gasteiger charge is -2.02. The van der Waals surface area contributed by atoms with Crippen LogP contribution in [0.3, 0.4) is 0 Å². The van der Waals surface area contributed by atoms with Crippen LogP contribution in [-0.4, -0.2) is 5.97 Å². The molecule has 0 unspecified atom stereocenters. The second kappa shape index (κ2) is 3.54. The second-order valence-corrected chi connectivity index (χ2v) is 2.55. The van der Waals surface area contributed by atoms with Crippen molar-refractivity contribution in [2.75, 3.05) is 0 Å². The van der Waals surface area contributed by atoms with Crippen LogP contribution in [0.25, 0.3) is 0 Å². The van der Waals surface area contributed by atoms with Gasteiger partial charge in [-0.15, -0.1) is 0 Å². The van der Waals surface area contributed by atoms with Gasteiger partial charge in [-0.3, -0.25) is 4.79 Å². The molecule has 0 amide bonds. The SMILES string of the molecule is CC(=O)Oc1cccc(Cl)c1F. The van der Waals surface area contributed by atoms with Crippen molar-refractivity contribution in [2.45, 2.75) is 6.92 Å². The van der Waals surface area contributed by atoms with Crippen LogP contribution in [0.4, 0.5) is 4.39 Å². The first kappa shape index (κ1) is 9.00. The highest BCUT2D eigenvalue weighted by molar-refractivity contribution is 6.30. The van der Waals surface area contributed by atoms with E-state index in [-0.39, 0.29) is 10.8 Å². The Morgan fingerprint density at radius 1 is 1.58 bits per heavy atom. The number of esters is 1. The van der Waals surface area contributed by atoms with Gasteiger partial charge in [-0.2, -0.15) is 0 Å². The molecule has 0 saturated carbocycles. The number of ether oxygens (including phenoxy) is 1. The number of halogens is 2. The van der Waals surface area contributed by atoms with Crippen LogP contribution in [-0.2, 0) is 4.79 Å². The summed E-state index contributed by atoms with van der Waals surface area (Å²) < 4.78 is 17.5. The Morgan fingerprint density at radius 2 is 2.25 bits per heavy atom. The molecule has 0 aliphatic carbocycles. The van der Waals surface area contributed by atoms with Crippen molar-refractivity contribution in [3.05, 3.63) is 29.0 Å². The van der Waals surface area contributed by atoms with E-state index in [9.17, 15) is 9.18 Å². The third kappa shape index (κ3) is 1.95. The Bertz CT molecular complexity index is 312. The van der Waals surface area contributed by atoms with Crippen molar-refractivity contribution in [3.63, 3.8) is 0 Å². The van der Waals surface area contributed by atoms with Crippen LogP contribution in [0.5, 0.6) is 5.75 Å². The van der Waals surface area contributed by atoms with Crippen LogP contribution in [0.2, 0.25) is 5.02 Å². The highest BCUT2D eigenvalue weighted by Gasteiger charge is 2.08. The summed E-state index contributed by atoms with van der Waals surface area (Å²) >= 11 is 5.43. The fraction of sp³-hybridized carbons (Fsp3) is 0.125. The minimum absolute atomic E-state index is 0.0613. The highest BCUT2D eigenvalue weighted by Crippen LogP contribution is 2.23. The van der Waals surface area contributed by atoms with E-state index in [1.807, 2.05) is 0 Å². The van der Waals surface area contributed by atoms with Gasteiger partial charge in [0.15, 0.2) is 11.6 Å². The number of hydrogen-bond donors (Lipinski definition) is 0. The van der Waals surface area contributed by atoms with Crippen LogP contribution >= 0.6 is 11.6 Å². The molecule has 0 atom stereocenters. The Kier molecular flexibility index (Phi) is 2.65. The van der Waals surface area contributed by atoms with E-state index < -0.39 is 11.8 Å². The van der Waals surface area contributed by atoms with Crippen LogP contribution in [0.15, 0.2) is 18.2 Å². The lowest BCUT2D eigenvalue weighted by atomic mass is 10.3. The lowest BCUT2D eigenvalue weighted by molar-refractivity contribution is -0.132. The largest absolute Gasteiger partial charge is 0.424 e. The molecule has 0 aliphatic heterocycles. The van der Waals surface area contributed by atoms with Gasteiger partial charge >= 0.3 is 5.97 Å². The summed E-state index contributed by atoms with van der Waals surface area (Å²) in [6, 6.07) is 4.22. The third-order valence-corrected chi connectivity index (χ3v) is 1.46. The number of hydrogen-bond acceptors (Lipinski definition) is 2. The molecule has 12 heavy (non-hydrogen) atoms. The van der Waals surface area contributed by atoms with Crippen molar-refractivity contribution in [1.82, 2.24) is 0 Å². The zero-order chi connectivity index (χ0) is 9.14. The fourth-order valence-corrected chi connectivity index (χ4v) is 0.884. The summed E-state index contributed by atoms with van der Waals surface area (Å²) in [6.07, 6.45) is 0. The maximum Gasteiger partial charge on any atom is 0.308 e. The summed E-state index contributed by atoms with van der Waals surface area (Å²) in [4.78, 5) is 10.4. The average Bonchev–Trinajstić information content (AvgIpc) is 1.98. The number of carbonyl (C=O) groups is 1. The Morgan fingerprint density at radius 3 is 2.83 bits per heavy atom. The standard InChI is InChI=1S/C8H6ClFO2/c1-5(11)12-7-4-2-3-6(9)8(7)10/h2-4H,1H3. The quantitative estimate of drug-likeness (QED) is 0.500. The van der Waals surface area contributed by atoms with E-state index in [0.717, 1.165) is 0 Å². The monoisotopic (exact) mass is 188 g/mol. The smallest absolute Gasteiger partial charge is 0.308 e. The zero-order valence-electron chi connectivity index (χ0n) is 6.30. The summed E-state index contributed by atoms with van der Waals surface area (Å²) in [7, 11) is 0. The molecule has 4 heteroatoms. The molecule has 0 radical (unpaired) electrons. The molecule has 1 aromatic rings. The Labute approximate surface area is 73.9 Å². The number of rotatable bonds is 1. The van der Waals surface area contributed by atoms with E-state index in [1.54, 1.807) is 0 Å². The van der Waals surface area contributed by atoms with Gasteiger partial charge in [0.2, 0.25) is 0 Å². The fourth-order valence-electron chi connectivity index (χ4n) is 0.718. The van der Waals surface area contributed by atoms with Crippen LogP contribution in [0.1, 0.15) is 6.92 Å². The van der Waals surface area contributed by atoms with E-state index in [4.69, 9.17) is 11.6 Å². The maximum absolute atomic E-state index is 13.0. The molecule has 0 bridgehead atoms. The third-order valence-electron chi connectivity index (χ3n) is 1.17. The Hall–Kier alpha value is -1.09. The molecule has 0 aromatic heterocycles. The van der Waals surface area contributed by atoms with E-state index in [2.05, 4.69) is 4.74 Å². The van der Waals surface area contributed by atoms with Gasteiger partial charge in [-0.05, 0) is 12.1 Å². The van der Waals surface area contributed by atoms with Gasteiger partial charge in [-0.1, -0.05) is 17.7 Å². The van der Waals surface area contributed by atoms with Gasteiger partial charge in [-0.25, -0.2) is 4.39 Å². The maximum atomic E-state index is 13.0. The van der Waals surface area contributed by atoms with Gasteiger partial charge in [0.25, 0.3) is 0 Å². The van der Waals surface area contributed by atoms with E-state index in [1.165, 1.54) is 25.1 Å². The van der Waals surface area contributed by atoms with Gasteiger partial charge in [0, 0.05) is 6.92 Å². The van der Waals surface area contributed by atoms with Gasteiger partial charge in [0.05, 0.1) is 5.02 Å². The molecule has 0 fully saturated rings. The minimum atomic E-state index is -0.714. The molecule has 0 heterocycles. The summed E-state index contributed by atoms with van der Waals surface area (Å²) in [5.41, 5.74) is 0. The summed E-state index contributed by atoms with van der Waals surface area (Å²) in [6.45, 7) is 1.19. The van der Waals surface area contributed by atoms with Crippen LogP contribution in [0, 0.1) is 5.82 Å². The highest BCUT2D eigenvalue weighted by atomic mass is 35.5. The molecule has 64 valence electrons. The van der Waals surface area contributed by atoms with Crippen molar-refractivity contribution in [1.29, 1.82) is 0 Å². The first-order valence-corrected chi connectivity index (χ1v) is 3.61. The topological polar surface area (TPSA) is 26.3 Å². The Balaban J connectivity index is 3.00. The van der Waals surface area contributed by atoms with Crippen molar-refractivity contribution < 1.29 is 13.9 Å². The van der Waals surface area contributed by atoms with Crippen molar-refractivity contribution >= 4 is 17.6 Å².